The number of nitrogens with two attached hydrogens (primary N) is 1. The molecule has 5 nitrogen and oxygen atoms in total. The summed E-state index contributed by atoms with van der Waals surface area (Å²) in [4.78, 5) is 28.7. The summed E-state index contributed by atoms with van der Waals surface area (Å²) in [7, 11) is 0. The number of likely N-dealkylation sites (tertiary alicyclic amines) is 1. The van der Waals surface area contributed by atoms with Crippen LogP contribution >= 0.6 is 11.6 Å². The van der Waals surface area contributed by atoms with Crippen LogP contribution in [0, 0.1) is 5.92 Å². The molecule has 0 aromatic carbocycles. The zero-order valence-electron chi connectivity index (χ0n) is 9.80. The van der Waals surface area contributed by atoms with E-state index < -0.39 is 0 Å². The summed E-state index contributed by atoms with van der Waals surface area (Å²) < 4.78 is 0. The van der Waals surface area contributed by atoms with Gasteiger partial charge in [0, 0.05) is 25.2 Å². The van der Waals surface area contributed by atoms with E-state index >= 15 is 0 Å². The van der Waals surface area contributed by atoms with E-state index in [1.54, 1.807) is 17.0 Å². The summed E-state index contributed by atoms with van der Waals surface area (Å²) in [6.07, 6.45) is 2.72. The molecule has 1 aromatic heterocycles. The third-order valence-electron chi connectivity index (χ3n) is 3.16. The summed E-state index contributed by atoms with van der Waals surface area (Å²) in [6, 6.07) is 3.24. The van der Waals surface area contributed by atoms with Crippen LogP contribution in [-0.4, -0.2) is 34.8 Å². The van der Waals surface area contributed by atoms with Crippen molar-refractivity contribution in [1.29, 1.82) is 0 Å². The van der Waals surface area contributed by atoms with E-state index in [-0.39, 0.29) is 17.7 Å². The molecule has 0 unspecified atom stereocenters. The van der Waals surface area contributed by atoms with Crippen LogP contribution in [0.25, 0.3) is 0 Å². The number of pyridine rings is 1. The number of hydrogen-bond acceptors (Lipinski definition) is 3. The third kappa shape index (κ3) is 2.79. The number of hydrogen-bond donors (Lipinski definition) is 1. The highest BCUT2D eigenvalue weighted by molar-refractivity contribution is 6.29. The number of aromatic nitrogens is 1. The fraction of sp³-hybridized carbons (Fsp3) is 0.417. The Morgan fingerprint density at radius 1 is 1.33 bits per heavy atom. The van der Waals surface area contributed by atoms with E-state index in [2.05, 4.69) is 4.98 Å². The molecule has 1 aliphatic rings. The number of rotatable bonds is 2. The molecule has 2 heterocycles. The molecule has 0 bridgehead atoms. The molecule has 1 fully saturated rings. The van der Waals surface area contributed by atoms with Gasteiger partial charge in [-0.25, -0.2) is 4.98 Å². The summed E-state index contributed by atoms with van der Waals surface area (Å²) in [5, 5.41) is 0.360. The number of carbonyl (C=O) groups is 2. The van der Waals surface area contributed by atoms with Gasteiger partial charge in [0.2, 0.25) is 5.91 Å². The third-order valence-corrected chi connectivity index (χ3v) is 3.38. The van der Waals surface area contributed by atoms with Crippen LogP contribution in [-0.2, 0) is 4.79 Å². The fourth-order valence-corrected chi connectivity index (χ4v) is 2.16. The van der Waals surface area contributed by atoms with E-state index in [4.69, 9.17) is 17.3 Å². The highest BCUT2D eigenvalue weighted by Gasteiger charge is 2.26. The van der Waals surface area contributed by atoms with E-state index in [1.807, 2.05) is 0 Å². The molecule has 1 saturated heterocycles. The van der Waals surface area contributed by atoms with E-state index in [9.17, 15) is 9.59 Å². The van der Waals surface area contributed by atoms with Gasteiger partial charge in [0.1, 0.15) is 5.15 Å². The molecular formula is C12H14ClN3O2. The first kappa shape index (κ1) is 12.8. The number of piperidine rings is 1. The van der Waals surface area contributed by atoms with Crippen molar-refractivity contribution in [2.45, 2.75) is 12.8 Å². The van der Waals surface area contributed by atoms with Crippen LogP contribution in [0.1, 0.15) is 23.2 Å². The molecule has 0 saturated carbocycles. The Labute approximate surface area is 110 Å². The molecule has 0 radical (unpaired) electrons. The van der Waals surface area contributed by atoms with Crippen molar-refractivity contribution in [3.05, 3.63) is 29.0 Å². The molecule has 2 N–H and O–H groups in total. The largest absolute Gasteiger partial charge is 0.369 e. The quantitative estimate of drug-likeness (QED) is 0.815. The maximum atomic E-state index is 12.1. The van der Waals surface area contributed by atoms with Gasteiger partial charge >= 0.3 is 0 Å². The van der Waals surface area contributed by atoms with Gasteiger partial charge in [-0.15, -0.1) is 0 Å². The average molecular weight is 268 g/mol. The van der Waals surface area contributed by atoms with Gasteiger partial charge in [0.25, 0.3) is 5.91 Å². The number of primary amides is 1. The van der Waals surface area contributed by atoms with Gasteiger partial charge in [0.15, 0.2) is 0 Å². The molecule has 96 valence electrons. The Kier molecular flexibility index (Phi) is 3.81. The van der Waals surface area contributed by atoms with Crippen molar-refractivity contribution in [2.75, 3.05) is 13.1 Å². The highest BCUT2D eigenvalue weighted by Crippen LogP contribution is 2.18. The van der Waals surface area contributed by atoms with Gasteiger partial charge in [-0.05, 0) is 25.0 Å². The van der Waals surface area contributed by atoms with Crippen molar-refractivity contribution in [2.24, 2.45) is 11.7 Å². The van der Waals surface area contributed by atoms with Gasteiger partial charge in [-0.3, -0.25) is 9.59 Å². The zero-order chi connectivity index (χ0) is 13.1. The second-order valence-electron chi connectivity index (χ2n) is 4.34. The predicted molar refractivity (Wildman–Crippen MR) is 67.1 cm³/mol. The molecule has 18 heavy (non-hydrogen) atoms. The van der Waals surface area contributed by atoms with E-state index in [1.165, 1.54) is 6.20 Å². The lowest BCUT2D eigenvalue weighted by Gasteiger charge is -2.30. The first-order chi connectivity index (χ1) is 8.58. The van der Waals surface area contributed by atoms with Crippen LogP contribution in [0.15, 0.2) is 18.3 Å². The van der Waals surface area contributed by atoms with Crippen molar-refractivity contribution >= 4 is 23.4 Å². The fourth-order valence-electron chi connectivity index (χ4n) is 2.05. The molecule has 2 rings (SSSR count). The molecule has 1 aliphatic heterocycles. The van der Waals surface area contributed by atoms with Gasteiger partial charge in [0.05, 0.1) is 5.56 Å². The Morgan fingerprint density at radius 3 is 2.50 bits per heavy atom. The minimum absolute atomic E-state index is 0.0814. The van der Waals surface area contributed by atoms with Gasteiger partial charge in [-0.2, -0.15) is 0 Å². The topological polar surface area (TPSA) is 76.3 Å². The standard InChI is InChI=1S/C12H14ClN3O2/c13-10-2-1-9(7-15-10)12(18)16-5-3-8(4-6-16)11(14)17/h1-2,7-8H,3-6H2,(H2,14,17). The first-order valence-corrected chi connectivity index (χ1v) is 6.16. The smallest absolute Gasteiger partial charge is 0.255 e. The van der Waals surface area contributed by atoms with Crippen molar-refractivity contribution < 1.29 is 9.59 Å². The molecular weight excluding hydrogens is 254 g/mol. The van der Waals surface area contributed by atoms with Crippen molar-refractivity contribution in [1.82, 2.24) is 9.88 Å². The molecule has 0 aliphatic carbocycles. The van der Waals surface area contributed by atoms with Gasteiger partial charge in [-0.1, -0.05) is 11.6 Å². The number of nitrogens with zero attached hydrogens (tertiary/aromatic N) is 2. The van der Waals surface area contributed by atoms with Crippen LogP contribution in [0.3, 0.4) is 0 Å². The summed E-state index contributed by atoms with van der Waals surface area (Å²) >= 11 is 5.67. The van der Waals surface area contributed by atoms with E-state index in [0.29, 0.717) is 36.6 Å². The monoisotopic (exact) mass is 267 g/mol. The Bertz CT molecular complexity index is 453. The number of halogens is 1. The highest BCUT2D eigenvalue weighted by atomic mass is 35.5. The minimum Gasteiger partial charge on any atom is -0.369 e. The normalized spacial score (nSPS) is 16.6. The first-order valence-electron chi connectivity index (χ1n) is 5.78. The maximum Gasteiger partial charge on any atom is 0.255 e. The lowest BCUT2D eigenvalue weighted by atomic mass is 9.96. The van der Waals surface area contributed by atoms with Crippen LogP contribution < -0.4 is 5.73 Å². The van der Waals surface area contributed by atoms with Crippen LogP contribution in [0.4, 0.5) is 0 Å². The molecule has 0 spiro atoms. The van der Waals surface area contributed by atoms with Crippen LogP contribution in [0.2, 0.25) is 5.15 Å². The lowest BCUT2D eigenvalue weighted by Crippen LogP contribution is -2.41. The van der Waals surface area contributed by atoms with Crippen molar-refractivity contribution in [3.63, 3.8) is 0 Å². The summed E-state index contributed by atoms with van der Waals surface area (Å²) in [5.74, 6) is -0.477. The maximum absolute atomic E-state index is 12.1. The summed E-state index contributed by atoms with van der Waals surface area (Å²) in [6.45, 7) is 1.10. The average Bonchev–Trinajstić information content (AvgIpc) is 2.39. The lowest BCUT2D eigenvalue weighted by molar-refractivity contribution is -0.123. The van der Waals surface area contributed by atoms with E-state index in [0.717, 1.165) is 0 Å². The van der Waals surface area contributed by atoms with Crippen molar-refractivity contribution in [3.8, 4) is 0 Å². The Morgan fingerprint density at radius 2 is 2.00 bits per heavy atom. The molecule has 2 amide bonds. The zero-order valence-corrected chi connectivity index (χ0v) is 10.6. The second-order valence-corrected chi connectivity index (χ2v) is 4.73. The molecule has 1 aromatic rings. The van der Waals surface area contributed by atoms with Crippen LogP contribution in [0.5, 0.6) is 0 Å². The number of carbonyl (C=O) groups excluding carboxylic acids is 2. The Balaban J connectivity index is 1.99. The second kappa shape index (κ2) is 5.35. The SMILES string of the molecule is NC(=O)C1CCN(C(=O)c2ccc(Cl)nc2)CC1. The summed E-state index contributed by atoms with van der Waals surface area (Å²) in [5.41, 5.74) is 5.76. The molecule has 0 atom stereocenters. The van der Waals surface area contributed by atoms with Gasteiger partial charge < -0.3 is 10.6 Å². The number of amides is 2. The molecule has 6 heteroatoms. The minimum atomic E-state index is -0.282. The Hall–Kier alpha value is -1.62. The predicted octanol–water partition coefficient (Wildman–Crippen LogP) is 1.07.